The number of anilines is 2. The molecule has 0 saturated heterocycles. The summed E-state index contributed by atoms with van der Waals surface area (Å²) in [6, 6.07) is 8.10. The molecule has 232 valence electrons. The summed E-state index contributed by atoms with van der Waals surface area (Å²) >= 11 is 0. The number of aryl methyl sites for hydroxylation is 2. The molecule has 3 aromatic rings. The molecule has 14 heteroatoms. The topological polar surface area (TPSA) is 154 Å². The van der Waals surface area contributed by atoms with Crippen LogP contribution >= 0.6 is 0 Å². The number of carbonyl (C=O) groups excluding carboxylic acids is 2. The molecule has 0 unspecified atom stereocenters. The maximum Gasteiger partial charge on any atom is 0.321 e. The molecule has 3 amide bonds. The van der Waals surface area contributed by atoms with E-state index in [2.05, 4.69) is 15.2 Å². The number of nitrogens with zero attached hydrogens (tertiary/aromatic N) is 3. The first-order chi connectivity index (χ1) is 20.3. The number of sulfonamides is 1. The van der Waals surface area contributed by atoms with Crippen LogP contribution in [-0.2, 0) is 21.2 Å². The molecule has 4 rings (SSSR count). The highest BCUT2D eigenvalue weighted by Crippen LogP contribution is 2.30. The second-order valence-electron chi connectivity index (χ2n) is 10.8. The molecule has 3 atom stereocenters. The summed E-state index contributed by atoms with van der Waals surface area (Å²) in [4.78, 5) is 29.4. The first kappa shape index (κ1) is 31.8. The zero-order chi connectivity index (χ0) is 31.5. The number of fused-ring (bicyclic) bond motifs is 1. The molecule has 0 bridgehead atoms. The Morgan fingerprint density at radius 3 is 2.56 bits per heavy atom. The summed E-state index contributed by atoms with van der Waals surface area (Å²) in [6.45, 7) is 7.18. The summed E-state index contributed by atoms with van der Waals surface area (Å²) in [5, 5.41) is 16.5. The zero-order valence-corrected chi connectivity index (χ0v) is 25.4. The lowest BCUT2D eigenvalue weighted by atomic mass is 10.0. The van der Waals surface area contributed by atoms with Crippen molar-refractivity contribution in [1.82, 2.24) is 15.0 Å². The number of carbonyl (C=O) groups is 2. The van der Waals surface area contributed by atoms with Crippen LogP contribution in [0.3, 0.4) is 0 Å². The van der Waals surface area contributed by atoms with Crippen molar-refractivity contribution >= 4 is 33.3 Å². The number of amides is 3. The highest BCUT2D eigenvalue weighted by atomic mass is 32.2. The summed E-state index contributed by atoms with van der Waals surface area (Å²) in [5.41, 5.74) is 1.62. The first-order valence-electron chi connectivity index (χ1n) is 13.7. The van der Waals surface area contributed by atoms with E-state index in [0.717, 1.165) is 24.3 Å². The third-order valence-corrected chi connectivity index (χ3v) is 8.76. The van der Waals surface area contributed by atoms with Crippen LogP contribution in [0.4, 0.5) is 20.6 Å². The Labute approximate surface area is 249 Å². The zero-order valence-electron chi connectivity index (χ0n) is 24.6. The largest absolute Gasteiger partial charge is 0.488 e. The molecule has 1 aromatic heterocycles. The SMILES string of the molecule is Cc1noc(C)c1NC(=O)N(C)C[C@H]1Oc2ccc(NS(=O)(=O)c3ccc(F)cc3)cc2CC(=O)N([C@H](C)CO)C[C@H]1C. The van der Waals surface area contributed by atoms with Gasteiger partial charge in [-0.3, -0.25) is 9.52 Å². The highest BCUT2D eigenvalue weighted by molar-refractivity contribution is 7.92. The standard InChI is InChI=1S/C29H36FN5O7S/c1-17-14-35(18(2)16-36)27(37)13-21-12-23(33-43(39,40)24-9-6-22(30)7-10-24)8-11-25(21)41-26(17)15-34(5)29(38)31-28-19(3)32-42-20(28)4/h6-12,17-18,26,33,36H,13-16H2,1-5H3,(H,31,38)/t17-,18-,26-/m1/s1. The van der Waals surface area contributed by atoms with Crippen molar-refractivity contribution in [3.63, 3.8) is 0 Å². The van der Waals surface area contributed by atoms with Gasteiger partial charge in [0.1, 0.15) is 29.1 Å². The number of aliphatic hydroxyl groups is 1. The Balaban J connectivity index is 1.62. The number of halogens is 1. The van der Waals surface area contributed by atoms with E-state index in [9.17, 15) is 27.5 Å². The lowest BCUT2D eigenvalue weighted by Crippen LogP contribution is -2.48. The third-order valence-electron chi connectivity index (χ3n) is 7.36. The number of hydrogen-bond acceptors (Lipinski definition) is 8. The fourth-order valence-electron chi connectivity index (χ4n) is 4.76. The molecule has 0 fully saturated rings. The van der Waals surface area contributed by atoms with Crippen molar-refractivity contribution in [2.75, 3.05) is 36.8 Å². The van der Waals surface area contributed by atoms with Crippen molar-refractivity contribution in [3.05, 3.63) is 65.3 Å². The average molecular weight is 618 g/mol. The van der Waals surface area contributed by atoms with Crippen LogP contribution in [0.15, 0.2) is 51.9 Å². The smallest absolute Gasteiger partial charge is 0.321 e. The van der Waals surface area contributed by atoms with Crippen LogP contribution in [-0.4, -0.2) is 79.3 Å². The lowest BCUT2D eigenvalue weighted by molar-refractivity contribution is -0.134. The van der Waals surface area contributed by atoms with E-state index in [0.29, 0.717) is 28.5 Å². The van der Waals surface area contributed by atoms with Crippen LogP contribution in [0.5, 0.6) is 5.75 Å². The van der Waals surface area contributed by atoms with Gasteiger partial charge < -0.3 is 29.5 Å². The van der Waals surface area contributed by atoms with Crippen molar-refractivity contribution in [2.45, 2.75) is 51.2 Å². The van der Waals surface area contributed by atoms with Gasteiger partial charge in [-0.2, -0.15) is 0 Å². The minimum absolute atomic E-state index is 0.117. The van der Waals surface area contributed by atoms with E-state index in [-0.39, 0.29) is 48.5 Å². The Morgan fingerprint density at radius 1 is 1.23 bits per heavy atom. The second kappa shape index (κ2) is 13.0. The van der Waals surface area contributed by atoms with Crippen LogP contribution in [0, 0.1) is 25.6 Å². The minimum atomic E-state index is -4.04. The third kappa shape index (κ3) is 7.43. The fourth-order valence-corrected chi connectivity index (χ4v) is 5.80. The van der Waals surface area contributed by atoms with E-state index in [4.69, 9.17) is 9.26 Å². The predicted molar refractivity (Wildman–Crippen MR) is 157 cm³/mol. The molecule has 2 aromatic carbocycles. The predicted octanol–water partition coefficient (Wildman–Crippen LogP) is 3.54. The molecule has 0 spiro atoms. The number of nitrogens with one attached hydrogen (secondary N) is 2. The number of ether oxygens (including phenoxy) is 1. The van der Waals surface area contributed by atoms with Crippen LogP contribution < -0.4 is 14.8 Å². The van der Waals surface area contributed by atoms with Crippen molar-refractivity contribution in [2.24, 2.45) is 5.92 Å². The number of benzene rings is 2. The Hall–Kier alpha value is -4.17. The lowest BCUT2D eigenvalue weighted by Gasteiger charge is -2.34. The van der Waals surface area contributed by atoms with Crippen LogP contribution in [0.25, 0.3) is 0 Å². The summed E-state index contributed by atoms with van der Waals surface area (Å²) in [5.74, 6) is -0.285. The van der Waals surface area contributed by atoms with E-state index in [1.165, 1.54) is 17.0 Å². The van der Waals surface area contributed by atoms with Gasteiger partial charge in [0.25, 0.3) is 10.0 Å². The molecule has 0 saturated carbocycles. The van der Waals surface area contributed by atoms with Crippen LogP contribution in [0.2, 0.25) is 0 Å². The van der Waals surface area contributed by atoms with Gasteiger partial charge in [-0.25, -0.2) is 17.6 Å². The second-order valence-corrected chi connectivity index (χ2v) is 12.5. The van der Waals surface area contributed by atoms with Gasteiger partial charge in [-0.15, -0.1) is 0 Å². The van der Waals surface area contributed by atoms with Crippen LogP contribution in [0.1, 0.15) is 30.9 Å². The van der Waals surface area contributed by atoms with Gasteiger partial charge in [0.2, 0.25) is 5.91 Å². The van der Waals surface area contributed by atoms with Gasteiger partial charge in [0, 0.05) is 30.8 Å². The molecule has 1 aliphatic heterocycles. The summed E-state index contributed by atoms with van der Waals surface area (Å²) in [6.07, 6.45) is -0.701. The monoisotopic (exact) mass is 617 g/mol. The van der Waals surface area contributed by atoms with E-state index in [1.54, 1.807) is 38.8 Å². The molecule has 0 aliphatic carbocycles. The maximum absolute atomic E-state index is 13.5. The summed E-state index contributed by atoms with van der Waals surface area (Å²) in [7, 11) is -2.43. The molecule has 1 aliphatic rings. The first-order valence-corrected chi connectivity index (χ1v) is 15.2. The van der Waals surface area contributed by atoms with Crippen molar-refractivity contribution in [1.29, 1.82) is 0 Å². The van der Waals surface area contributed by atoms with Gasteiger partial charge >= 0.3 is 6.03 Å². The fraction of sp³-hybridized carbons (Fsp3) is 0.414. The number of aromatic nitrogens is 1. The Morgan fingerprint density at radius 2 is 1.93 bits per heavy atom. The average Bonchev–Trinajstić information content (AvgIpc) is 3.29. The van der Waals surface area contributed by atoms with Crippen molar-refractivity contribution < 1.29 is 36.8 Å². The number of urea groups is 1. The van der Waals surface area contributed by atoms with E-state index in [1.807, 2.05) is 6.92 Å². The highest BCUT2D eigenvalue weighted by Gasteiger charge is 2.32. The minimum Gasteiger partial charge on any atom is -0.488 e. The molecule has 3 N–H and O–H groups in total. The molecule has 2 heterocycles. The molecular formula is C29H36FN5O7S. The number of hydrogen-bond donors (Lipinski definition) is 3. The molecule has 43 heavy (non-hydrogen) atoms. The normalized spacial score (nSPS) is 18.0. The van der Waals surface area contributed by atoms with Crippen molar-refractivity contribution in [3.8, 4) is 5.75 Å². The molecular weight excluding hydrogens is 581 g/mol. The Bertz CT molecular complexity index is 1560. The van der Waals surface area contributed by atoms with Gasteiger partial charge in [0.05, 0.1) is 30.5 Å². The number of likely N-dealkylation sites (N-methyl/N-ethyl adjacent to an activating group) is 1. The van der Waals surface area contributed by atoms with E-state index < -0.39 is 34.0 Å². The van der Waals surface area contributed by atoms with Gasteiger partial charge in [-0.05, 0) is 63.2 Å². The van der Waals surface area contributed by atoms with E-state index >= 15 is 0 Å². The summed E-state index contributed by atoms with van der Waals surface area (Å²) < 4.78 is 53.2. The molecule has 0 radical (unpaired) electrons. The van der Waals surface area contributed by atoms with Gasteiger partial charge in [-0.1, -0.05) is 12.1 Å². The number of rotatable bonds is 8. The maximum atomic E-state index is 13.5. The Kier molecular flexibility index (Phi) is 9.60. The quantitative estimate of drug-likeness (QED) is 0.347. The molecule has 12 nitrogen and oxygen atoms in total. The number of aliphatic hydroxyl groups excluding tert-OH is 1. The van der Waals surface area contributed by atoms with Gasteiger partial charge in [0.15, 0.2) is 5.76 Å².